The maximum Gasteiger partial charge on any atom is 0.243 e. The molecule has 120 valence electrons. The number of hydrogen-bond acceptors (Lipinski definition) is 5. The molecule has 3 heterocycles. The molecule has 4 rings (SSSR count). The molecule has 0 aliphatic carbocycles. The summed E-state index contributed by atoms with van der Waals surface area (Å²) in [6, 6.07) is 10.1. The highest BCUT2D eigenvalue weighted by Crippen LogP contribution is 2.39. The van der Waals surface area contributed by atoms with Gasteiger partial charge in [0.1, 0.15) is 0 Å². The minimum Gasteiger partial charge on any atom is -0.454 e. The van der Waals surface area contributed by atoms with Gasteiger partial charge in [-0.1, -0.05) is 6.07 Å². The summed E-state index contributed by atoms with van der Waals surface area (Å²) in [4.78, 5) is 4.55. The van der Waals surface area contributed by atoms with E-state index in [-0.39, 0.29) is 17.7 Å². The van der Waals surface area contributed by atoms with Crippen molar-refractivity contribution in [1.82, 2.24) is 9.29 Å². The smallest absolute Gasteiger partial charge is 0.243 e. The molecule has 2 aliphatic rings. The molecular weight excluding hydrogens is 316 g/mol. The van der Waals surface area contributed by atoms with Crippen LogP contribution in [-0.4, -0.2) is 31.0 Å². The predicted octanol–water partition coefficient (Wildman–Crippen LogP) is 2.34. The second kappa shape index (κ2) is 5.50. The average Bonchev–Trinajstić information content (AvgIpc) is 3.24. The maximum absolute atomic E-state index is 13.0. The molecule has 1 aromatic heterocycles. The number of hydrogen-bond donors (Lipinski definition) is 0. The first kappa shape index (κ1) is 14.5. The Labute approximate surface area is 134 Å². The normalized spacial score (nSPS) is 20.8. The molecule has 2 aliphatic heterocycles. The van der Waals surface area contributed by atoms with Crippen LogP contribution in [0.25, 0.3) is 0 Å². The minimum absolute atomic E-state index is 0.124. The number of fused-ring (bicyclic) bond motifs is 1. The van der Waals surface area contributed by atoms with E-state index in [0.29, 0.717) is 18.0 Å². The number of rotatable bonds is 3. The first-order valence-corrected chi connectivity index (χ1v) is 8.93. The Hall–Kier alpha value is -2.12. The van der Waals surface area contributed by atoms with Crippen LogP contribution >= 0.6 is 0 Å². The highest BCUT2D eigenvalue weighted by Gasteiger charge is 2.37. The van der Waals surface area contributed by atoms with Gasteiger partial charge in [0, 0.05) is 18.8 Å². The Bertz CT molecular complexity index is 823. The number of nitrogens with zero attached hydrogens (tertiary/aromatic N) is 2. The highest BCUT2D eigenvalue weighted by molar-refractivity contribution is 7.89. The van der Waals surface area contributed by atoms with Gasteiger partial charge in [-0.3, -0.25) is 4.98 Å². The summed E-state index contributed by atoms with van der Waals surface area (Å²) >= 11 is 0. The van der Waals surface area contributed by atoms with Crippen LogP contribution in [0.4, 0.5) is 0 Å². The van der Waals surface area contributed by atoms with Crippen LogP contribution < -0.4 is 9.47 Å². The summed E-state index contributed by atoms with van der Waals surface area (Å²) < 4.78 is 38.1. The van der Waals surface area contributed by atoms with Crippen LogP contribution in [0.3, 0.4) is 0 Å². The molecule has 0 amide bonds. The van der Waals surface area contributed by atoms with E-state index in [9.17, 15) is 8.42 Å². The number of sulfonamides is 1. The summed E-state index contributed by atoms with van der Waals surface area (Å²) in [5, 5.41) is 0. The average molecular weight is 332 g/mol. The quantitative estimate of drug-likeness (QED) is 0.863. The molecule has 2 aromatic rings. The summed E-state index contributed by atoms with van der Waals surface area (Å²) in [6.07, 6.45) is 3.30. The largest absolute Gasteiger partial charge is 0.454 e. The van der Waals surface area contributed by atoms with E-state index >= 15 is 0 Å². The molecule has 1 aromatic carbocycles. The number of benzene rings is 1. The lowest BCUT2D eigenvalue weighted by Gasteiger charge is -2.23. The van der Waals surface area contributed by atoms with Crippen molar-refractivity contribution in [3.8, 4) is 11.5 Å². The molecular formula is C16H16N2O4S. The summed E-state index contributed by atoms with van der Waals surface area (Å²) in [6.45, 7) is 0.622. The Balaban J connectivity index is 1.70. The van der Waals surface area contributed by atoms with Crippen LogP contribution in [0, 0.1) is 0 Å². The Morgan fingerprint density at radius 2 is 2.00 bits per heavy atom. The van der Waals surface area contributed by atoms with Crippen LogP contribution in [0.5, 0.6) is 11.5 Å². The molecule has 0 saturated carbocycles. The van der Waals surface area contributed by atoms with Gasteiger partial charge in [-0.15, -0.1) is 0 Å². The minimum atomic E-state index is -3.60. The zero-order valence-electron chi connectivity index (χ0n) is 12.4. The van der Waals surface area contributed by atoms with Gasteiger partial charge in [-0.25, -0.2) is 8.42 Å². The fraction of sp³-hybridized carbons (Fsp3) is 0.312. The van der Waals surface area contributed by atoms with E-state index in [2.05, 4.69) is 4.98 Å². The van der Waals surface area contributed by atoms with Crippen LogP contribution in [0.1, 0.15) is 24.6 Å². The highest BCUT2D eigenvalue weighted by atomic mass is 32.2. The first-order valence-electron chi connectivity index (χ1n) is 7.49. The van der Waals surface area contributed by atoms with Gasteiger partial charge < -0.3 is 9.47 Å². The third-order valence-corrected chi connectivity index (χ3v) is 6.09. The van der Waals surface area contributed by atoms with E-state index in [0.717, 1.165) is 18.5 Å². The number of pyridine rings is 1. The van der Waals surface area contributed by atoms with Gasteiger partial charge in [-0.05, 0) is 37.1 Å². The van der Waals surface area contributed by atoms with Gasteiger partial charge in [0.05, 0.1) is 16.6 Å². The first-order chi connectivity index (χ1) is 11.2. The lowest BCUT2D eigenvalue weighted by Crippen LogP contribution is -2.31. The fourth-order valence-electron chi connectivity index (χ4n) is 3.07. The van der Waals surface area contributed by atoms with Gasteiger partial charge in [-0.2, -0.15) is 4.31 Å². The van der Waals surface area contributed by atoms with Crippen molar-refractivity contribution in [2.24, 2.45) is 0 Å². The van der Waals surface area contributed by atoms with Crippen LogP contribution in [0.2, 0.25) is 0 Å². The second-order valence-electron chi connectivity index (χ2n) is 5.54. The third kappa shape index (κ3) is 2.46. The SMILES string of the molecule is O=S(=O)(c1ccc2c(c1)OCO2)N1CCCC1c1ccccn1. The topological polar surface area (TPSA) is 68.7 Å². The summed E-state index contributed by atoms with van der Waals surface area (Å²) in [5.74, 6) is 1.05. The fourth-order valence-corrected chi connectivity index (χ4v) is 4.75. The zero-order chi connectivity index (χ0) is 15.9. The molecule has 1 unspecified atom stereocenters. The summed E-state index contributed by atoms with van der Waals surface area (Å²) in [5.41, 5.74) is 0.786. The van der Waals surface area contributed by atoms with Crippen molar-refractivity contribution in [1.29, 1.82) is 0 Å². The van der Waals surface area contributed by atoms with E-state index in [1.54, 1.807) is 18.3 Å². The number of aromatic nitrogens is 1. The Morgan fingerprint density at radius 1 is 1.13 bits per heavy atom. The molecule has 0 spiro atoms. The van der Waals surface area contributed by atoms with Gasteiger partial charge in [0.25, 0.3) is 0 Å². The molecule has 1 saturated heterocycles. The Morgan fingerprint density at radius 3 is 2.83 bits per heavy atom. The molecule has 7 heteroatoms. The molecule has 23 heavy (non-hydrogen) atoms. The number of ether oxygens (including phenoxy) is 2. The molecule has 0 N–H and O–H groups in total. The van der Waals surface area contributed by atoms with Crippen LogP contribution in [-0.2, 0) is 10.0 Å². The second-order valence-corrected chi connectivity index (χ2v) is 7.43. The maximum atomic E-state index is 13.0. The molecule has 1 atom stereocenters. The van der Waals surface area contributed by atoms with Crippen LogP contribution in [0.15, 0.2) is 47.5 Å². The molecule has 0 bridgehead atoms. The van der Waals surface area contributed by atoms with Crippen molar-refractivity contribution in [2.45, 2.75) is 23.8 Å². The lowest BCUT2D eigenvalue weighted by atomic mass is 10.1. The monoisotopic (exact) mass is 332 g/mol. The van der Waals surface area contributed by atoms with E-state index < -0.39 is 10.0 Å². The van der Waals surface area contributed by atoms with Crippen molar-refractivity contribution in [2.75, 3.05) is 13.3 Å². The summed E-state index contributed by atoms with van der Waals surface area (Å²) in [7, 11) is -3.60. The molecule has 6 nitrogen and oxygen atoms in total. The molecule has 1 fully saturated rings. The zero-order valence-corrected chi connectivity index (χ0v) is 13.2. The van der Waals surface area contributed by atoms with E-state index in [4.69, 9.17) is 9.47 Å². The molecule has 0 radical (unpaired) electrons. The van der Waals surface area contributed by atoms with Crippen molar-refractivity contribution >= 4 is 10.0 Å². The van der Waals surface area contributed by atoms with Crippen molar-refractivity contribution in [3.63, 3.8) is 0 Å². The predicted molar refractivity (Wildman–Crippen MR) is 82.7 cm³/mol. The van der Waals surface area contributed by atoms with Crippen molar-refractivity contribution in [3.05, 3.63) is 48.3 Å². The van der Waals surface area contributed by atoms with Gasteiger partial charge in [0.2, 0.25) is 16.8 Å². The third-order valence-electron chi connectivity index (χ3n) is 4.18. The Kier molecular flexibility index (Phi) is 3.46. The standard InChI is InChI=1S/C16H16N2O4S/c19-23(20,12-6-7-15-16(10-12)22-11-21-15)18-9-3-5-14(18)13-4-1-2-8-17-13/h1-2,4,6-8,10,14H,3,5,9,11H2. The van der Waals surface area contributed by atoms with E-state index in [1.165, 1.54) is 10.4 Å². The van der Waals surface area contributed by atoms with Gasteiger partial charge in [0.15, 0.2) is 11.5 Å². The van der Waals surface area contributed by atoms with Gasteiger partial charge >= 0.3 is 0 Å². The van der Waals surface area contributed by atoms with Crippen molar-refractivity contribution < 1.29 is 17.9 Å². The lowest BCUT2D eigenvalue weighted by molar-refractivity contribution is 0.174. The van der Waals surface area contributed by atoms with E-state index in [1.807, 2.05) is 18.2 Å².